The molecule has 1 aliphatic rings. The topological polar surface area (TPSA) is 54.0 Å². The van der Waals surface area contributed by atoms with Crippen molar-refractivity contribution in [2.24, 2.45) is 0 Å². The summed E-state index contributed by atoms with van der Waals surface area (Å²) in [6, 6.07) is 7.41. The van der Waals surface area contributed by atoms with Gasteiger partial charge >= 0.3 is 0 Å². The highest BCUT2D eigenvalue weighted by molar-refractivity contribution is 5.78. The van der Waals surface area contributed by atoms with Gasteiger partial charge < -0.3 is 19.7 Å². The van der Waals surface area contributed by atoms with Gasteiger partial charge in [-0.05, 0) is 30.8 Å². The average molecular weight is 321 g/mol. The van der Waals surface area contributed by atoms with Gasteiger partial charge in [-0.25, -0.2) is 0 Å². The highest BCUT2D eigenvalue weighted by Crippen LogP contribution is 2.16. The number of carbonyl (C=O) groups excluding carboxylic acids is 1. The van der Waals surface area contributed by atoms with E-state index in [0.717, 1.165) is 44.2 Å². The molecule has 0 radical (unpaired) electrons. The van der Waals surface area contributed by atoms with Gasteiger partial charge in [-0.2, -0.15) is 0 Å². The summed E-state index contributed by atoms with van der Waals surface area (Å²) in [5.74, 6) is 1.64. The van der Waals surface area contributed by atoms with Crippen LogP contribution in [-0.4, -0.2) is 75.2 Å². The van der Waals surface area contributed by atoms with Crippen LogP contribution in [0.4, 0.5) is 0 Å². The molecule has 0 bridgehead atoms. The first-order valence-corrected chi connectivity index (χ1v) is 8.19. The van der Waals surface area contributed by atoms with Gasteiger partial charge in [-0.1, -0.05) is 6.92 Å². The molecule has 0 saturated carbocycles. The van der Waals surface area contributed by atoms with Crippen molar-refractivity contribution < 1.29 is 14.3 Å². The van der Waals surface area contributed by atoms with Crippen LogP contribution in [0, 0.1) is 0 Å². The van der Waals surface area contributed by atoms with Gasteiger partial charge in [0, 0.05) is 26.2 Å². The predicted octanol–water partition coefficient (Wildman–Crippen LogP) is 0.828. The largest absolute Gasteiger partial charge is 0.497 e. The molecule has 1 amide bonds. The minimum Gasteiger partial charge on any atom is -0.497 e. The second kappa shape index (κ2) is 9.37. The number of ether oxygens (including phenoxy) is 2. The molecule has 1 aromatic rings. The molecular formula is C17H27N3O3. The van der Waals surface area contributed by atoms with Gasteiger partial charge in [-0.3, -0.25) is 9.69 Å². The van der Waals surface area contributed by atoms with Crippen LogP contribution >= 0.6 is 0 Å². The maximum absolute atomic E-state index is 11.9. The van der Waals surface area contributed by atoms with E-state index < -0.39 is 0 Å². The molecule has 2 rings (SSSR count). The molecule has 0 spiro atoms. The third kappa shape index (κ3) is 6.08. The van der Waals surface area contributed by atoms with Crippen LogP contribution in [0.15, 0.2) is 24.3 Å². The molecular weight excluding hydrogens is 294 g/mol. The normalized spacial score (nSPS) is 16.1. The molecule has 6 nitrogen and oxygen atoms in total. The molecule has 1 aromatic carbocycles. The number of nitrogens with zero attached hydrogens (tertiary/aromatic N) is 2. The summed E-state index contributed by atoms with van der Waals surface area (Å²) in [4.78, 5) is 16.5. The molecule has 1 heterocycles. The minimum atomic E-state index is 0.0632. The van der Waals surface area contributed by atoms with Crippen molar-refractivity contribution in [2.75, 3.05) is 59.5 Å². The number of amides is 1. The fraction of sp³-hybridized carbons (Fsp3) is 0.588. The quantitative estimate of drug-likeness (QED) is 0.719. The monoisotopic (exact) mass is 321 g/mol. The predicted molar refractivity (Wildman–Crippen MR) is 90.1 cm³/mol. The highest BCUT2D eigenvalue weighted by atomic mass is 16.5. The molecule has 1 N–H and O–H groups in total. The lowest BCUT2D eigenvalue weighted by Crippen LogP contribution is -2.49. The Labute approximate surface area is 138 Å². The van der Waals surface area contributed by atoms with Crippen LogP contribution in [-0.2, 0) is 4.79 Å². The maximum Gasteiger partial charge on any atom is 0.234 e. The van der Waals surface area contributed by atoms with E-state index in [1.807, 2.05) is 24.3 Å². The summed E-state index contributed by atoms with van der Waals surface area (Å²) in [7, 11) is 1.63. The van der Waals surface area contributed by atoms with Gasteiger partial charge in [0.05, 0.1) is 20.2 Å². The lowest BCUT2D eigenvalue weighted by Gasteiger charge is -2.33. The van der Waals surface area contributed by atoms with E-state index in [0.29, 0.717) is 19.7 Å². The maximum atomic E-state index is 11.9. The molecule has 0 atom stereocenters. The first-order valence-electron chi connectivity index (χ1n) is 8.19. The Morgan fingerprint density at radius 1 is 1.09 bits per heavy atom. The summed E-state index contributed by atoms with van der Waals surface area (Å²) >= 11 is 0. The third-order valence-electron chi connectivity index (χ3n) is 4.03. The van der Waals surface area contributed by atoms with E-state index in [1.165, 1.54) is 0 Å². The Morgan fingerprint density at radius 2 is 1.70 bits per heavy atom. The molecule has 6 heteroatoms. The van der Waals surface area contributed by atoms with Crippen LogP contribution < -0.4 is 14.8 Å². The molecule has 0 unspecified atom stereocenters. The summed E-state index contributed by atoms with van der Waals surface area (Å²) in [5.41, 5.74) is 0. The number of hydrogen-bond acceptors (Lipinski definition) is 5. The fourth-order valence-corrected chi connectivity index (χ4v) is 2.55. The van der Waals surface area contributed by atoms with Gasteiger partial charge in [0.2, 0.25) is 5.91 Å². The van der Waals surface area contributed by atoms with Crippen LogP contribution in [0.25, 0.3) is 0 Å². The van der Waals surface area contributed by atoms with E-state index >= 15 is 0 Å². The van der Waals surface area contributed by atoms with Gasteiger partial charge in [-0.15, -0.1) is 0 Å². The van der Waals surface area contributed by atoms with Crippen molar-refractivity contribution in [2.45, 2.75) is 6.92 Å². The molecule has 1 fully saturated rings. The Balaban J connectivity index is 1.57. The molecule has 0 aliphatic carbocycles. The van der Waals surface area contributed by atoms with Crippen molar-refractivity contribution in [3.8, 4) is 11.5 Å². The molecule has 1 saturated heterocycles. The zero-order valence-corrected chi connectivity index (χ0v) is 14.1. The van der Waals surface area contributed by atoms with Crippen molar-refractivity contribution in [3.63, 3.8) is 0 Å². The van der Waals surface area contributed by atoms with Crippen LogP contribution in [0.2, 0.25) is 0 Å². The molecule has 0 aromatic heterocycles. The van der Waals surface area contributed by atoms with E-state index in [-0.39, 0.29) is 5.91 Å². The molecule has 23 heavy (non-hydrogen) atoms. The van der Waals surface area contributed by atoms with E-state index in [9.17, 15) is 4.79 Å². The molecule has 128 valence electrons. The minimum absolute atomic E-state index is 0.0632. The van der Waals surface area contributed by atoms with Crippen molar-refractivity contribution in [1.29, 1.82) is 0 Å². The number of benzene rings is 1. The standard InChI is InChI=1S/C17H27N3O3/c1-3-19-9-11-20(12-10-19)14-17(21)18-8-13-23-16-6-4-15(22-2)5-7-16/h4-7H,3,8-14H2,1-2H3,(H,18,21). The van der Waals surface area contributed by atoms with Gasteiger partial charge in [0.15, 0.2) is 0 Å². The first-order chi connectivity index (χ1) is 11.2. The van der Waals surface area contributed by atoms with E-state index in [4.69, 9.17) is 9.47 Å². The summed E-state index contributed by atoms with van der Waals surface area (Å²) < 4.78 is 10.7. The van der Waals surface area contributed by atoms with Crippen molar-refractivity contribution >= 4 is 5.91 Å². The number of methoxy groups -OCH3 is 1. The zero-order chi connectivity index (χ0) is 16.5. The van der Waals surface area contributed by atoms with Crippen molar-refractivity contribution in [3.05, 3.63) is 24.3 Å². The SMILES string of the molecule is CCN1CCN(CC(=O)NCCOc2ccc(OC)cc2)CC1. The highest BCUT2D eigenvalue weighted by Gasteiger charge is 2.17. The number of piperazine rings is 1. The number of nitrogens with one attached hydrogen (secondary N) is 1. The van der Waals surface area contributed by atoms with Gasteiger partial charge in [0.1, 0.15) is 18.1 Å². The molecule has 1 aliphatic heterocycles. The second-order valence-electron chi connectivity index (χ2n) is 5.58. The Kier molecular flexibility index (Phi) is 7.16. The Hall–Kier alpha value is -1.79. The number of likely N-dealkylation sites (N-methyl/N-ethyl adjacent to an activating group) is 1. The Morgan fingerprint density at radius 3 is 2.30 bits per heavy atom. The van der Waals surface area contributed by atoms with Gasteiger partial charge in [0.25, 0.3) is 0 Å². The smallest absolute Gasteiger partial charge is 0.234 e. The van der Waals surface area contributed by atoms with Crippen molar-refractivity contribution in [1.82, 2.24) is 15.1 Å². The third-order valence-corrected chi connectivity index (χ3v) is 4.03. The first kappa shape index (κ1) is 17.6. The number of hydrogen-bond donors (Lipinski definition) is 1. The summed E-state index contributed by atoms with van der Waals surface area (Å²) in [5, 5.41) is 2.90. The summed E-state index contributed by atoms with van der Waals surface area (Å²) in [6.45, 7) is 8.72. The van der Waals surface area contributed by atoms with E-state index in [2.05, 4.69) is 22.0 Å². The average Bonchev–Trinajstić information content (AvgIpc) is 2.60. The van der Waals surface area contributed by atoms with Crippen LogP contribution in [0.5, 0.6) is 11.5 Å². The summed E-state index contributed by atoms with van der Waals surface area (Å²) in [6.07, 6.45) is 0. The second-order valence-corrected chi connectivity index (χ2v) is 5.58. The lowest BCUT2D eigenvalue weighted by molar-refractivity contribution is -0.122. The Bertz CT molecular complexity index is 470. The lowest BCUT2D eigenvalue weighted by atomic mass is 10.3. The zero-order valence-electron chi connectivity index (χ0n) is 14.1. The fourth-order valence-electron chi connectivity index (χ4n) is 2.55. The van der Waals surface area contributed by atoms with Crippen LogP contribution in [0.1, 0.15) is 6.92 Å². The number of carbonyl (C=O) groups is 1. The number of rotatable bonds is 8. The van der Waals surface area contributed by atoms with E-state index in [1.54, 1.807) is 7.11 Å². The van der Waals surface area contributed by atoms with Crippen LogP contribution in [0.3, 0.4) is 0 Å².